The summed E-state index contributed by atoms with van der Waals surface area (Å²) in [5.41, 5.74) is 3.82. The van der Waals surface area contributed by atoms with Gasteiger partial charge in [0.25, 0.3) is 5.56 Å². The maximum Gasteiger partial charge on any atom is 0.265 e. The molecule has 0 atom stereocenters. The van der Waals surface area contributed by atoms with Crippen LogP contribution in [-0.4, -0.2) is 22.6 Å². The van der Waals surface area contributed by atoms with Crippen LogP contribution in [0.2, 0.25) is 0 Å². The summed E-state index contributed by atoms with van der Waals surface area (Å²) in [5, 5.41) is 3.96. The van der Waals surface area contributed by atoms with Crippen molar-refractivity contribution in [3.63, 3.8) is 0 Å². The third-order valence-corrected chi connectivity index (χ3v) is 5.96. The van der Waals surface area contributed by atoms with Crippen molar-refractivity contribution < 1.29 is 4.74 Å². The molecule has 0 amide bonds. The van der Waals surface area contributed by atoms with E-state index >= 15 is 0 Å². The van der Waals surface area contributed by atoms with Gasteiger partial charge in [-0.15, -0.1) is 12.4 Å². The summed E-state index contributed by atoms with van der Waals surface area (Å²) in [5.74, 6) is 1.25. The molecular formula is C26H26ClN3O2. The van der Waals surface area contributed by atoms with Crippen molar-refractivity contribution in [2.45, 2.75) is 25.4 Å². The zero-order chi connectivity index (χ0) is 21.0. The molecule has 0 aliphatic carbocycles. The van der Waals surface area contributed by atoms with Gasteiger partial charge in [0.1, 0.15) is 18.7 Å². The summed E-state index contributed by atoms with van der Waals surface area (Å²) in [4.78, 5) is 17.7. The Balaban J connectivity index is 0.00000245. The number of fused-ring (bicyclic) bond motifs is 1. The predicted octanol–water partition coefficient (Wildman–Crippen LogP) is 4.85. The van der Waals surface area contributed by atoms with E-state index in [1.807, 2.05) is 54.6 Å². The second kappa shape index (κ2) is 9.98. The van der Waals surface area contributed by atoms with Gasteiger partial charge in [-0.25, -0.2) is 4.98 Å². The van der Waals surface area contributed by atoms with Crippen LogP contribution in [0.25, 0.3) is 16.6 Å². The number of hydrogen-bond donors (Lipinski definition) is 1. The normalized spacial score (nSPS) is 14.1. The van der Waals surface area contributed by atoms with E-state index in [0.717, 1.165) is 37.2 Å². The van der Waals surface area contributed by atoms with Gasteiger partial charge < -0.3 is 10.1 Å². The van der Waals surface area contributed by atoms with E-state index in [0.29, 0.717) is 29.2 Å². The highest BCUT2D eigenvalue weighted by Gasteiger charge is 2.15. The fraction of sp³-hybridized carbons (Fsp3) is 0.231. The number of piperidine rings is 1. The first-order valence-corrected chi connectivity index (χ1v) is 10.8. The summed E-state index contributed by atoms with van der Waals surface area (Å²) < 4.78 is 7.51. The molecule has 6 heteroatoms. The zero-order valence-corrected chi connectivity index (χ0v) is 18.6. The van der Waals surface area contributed by atoms with Gasteiger partial charge in [-0.1, -0.05) is 42.5 Å². The highest BCUT2D eigenvalue weighted by molar-refractivity contribution is 5.85. The van der Waals surface area contributed by atoms with Gasteiger partial charge in [0.15, 0.2) is 0 Å². The number of nitrogens with one attached hydrogen (secondary N) is 1. The molecule has 1 N–H and O–H groups in total. The van der Waals surface area contributed by atoms with Crippen LogP contribution in [0.1, 0.15) is 29.9 Å². The highest BCUT2D eigenvalue weighted by Crippen LogP contribution is 2.26. The largest absolute Gasteiger partial charge is 0.489 e. The molecule has 5 rings (SSSR count). The van der Waals surface area contributed by atoms with Crippen LogP contribution in [-0.2, 0) is 6.61 Å². The van der Waals surface area contributed by atoms with E-state index in [2.05, 4.69) is 22.4 Å². The molecule has 0 saturated carbocycles. The molecule has 1 saturated heterocycles. The standard InChI is InChI=1S/C26H25N3O2.ClH/c30-26-24-16-23(31-17-19-4-2-1-3-5-19)10-11-25(24)28-18-29(26)22-8-6-20(7-9-22)21-12-14-27-15-13-21;/h1-11,16,18,21,27H,12-15,17H2;1H. The Hall–Kier alpha value is -3.15. The van der Waals surface area contributed by atoms with Gasteiger partial charge in [-0.2, -0.15) is 0 Å². The Bertz CT molecular complexity index is 1230. The molecule has 0 unspecified atom stereocenters. The SMILES string of the molecule is Cl.O=c1c2cc(OCc3ccccc3)ccc2ncn1-c1ccc(C2CCNCC2)cc1. The average Bonchev–Trinajstić information content (AvgIpc) is 2.84. The molecule has 1 aliphatic rings. The Kier molecular flexibility index (Phi) is 6.88. The fourth-order valence-electron chi connectivity index (χ4n) is 4.18. The van der Waals surface area contributed by atoms with Gasteiger partial charge in [-0.05, 0) is 73.3 Å². The minimum Gasteiger partial charge on any atom is -0.489 e. The van der Waals surface area contributed by atoms with Crippen LogP contribution < -0.4 is 15.6 Å². The minimum atomic E-state index is -0.0928. The fourth-order valence-corrected chi connectivity index (χ4v) is 4.18. The van der Waals surface area contributed by atoms with E-state index in [-0.39, 0.29) is 18.0 Å². The number of halogens is 1. The van der Waals surface area contributed by atoms with Crippen molar-refractivity contribution >= 4 is 23.3 Å². The van der Waals surface area contributed by atoms with E-state index in [4.69, 9.17) is 4.74 Å². The van der Waals surface area contributed by atoms with Crippen molar-refractivity contribution in [2.75, 3.05) is 13.1 Å². The van der Waals surface area contributed by atoms with Gasteiger partial charge in [0.2, 0.25) is 0 Å². The number of benzene rings is 3. The minimum absolute atomic E-state index is 0. The molecule has 4 aromatic rings. The van der Waals surface area contributed by atoms with Crippen molar-refractivity contribution in [3.05, 3.63) is 101 Å². The van der Waals surface area contributed by atoms with Crippen molar-refractivity contribution in [3.8, 4) is 11.4 Å². The first-order valence-electron chi connectivity index (χ1n) is 10.8. The first kappa shape index (κ1) is 22.1. The predicted molar refractivity (Wildman–Crippen MR) is 130 cm³/mol. The van der Waals surface area contributed by atoms with Gasteiger partial charge >= 0.3 is 0 Å². The zero-order valence-electron chi connectivity index (χ0n) is 17.7. The van der Waals surface area contributed by atoms with Crippen LogP contribution in [0.4, 0.5) is 0 Å². The lowest BCUT2D eigenvalue weighted by Gasteiger charge is -2.23. The van der Waals surface area contributed by atoms with Gasteiger partial charge in [-0.3, -0.25) is 9.36 Å². The molecule has 0 spiro atoms. The number of ether oxygens (including phenoxy) is 1. The first-order chi connectivity index (χ1) is 15.3. The lowest BCUT2D eigenvalue weighted by molar-refractivity contribution is 0.306. The van der Waals surface area contributed by atoms with E-state index in [1.54, 1.807) is 17.0 Å². The number of rotatable bonds is 5. The van der Waals surface area contributed by atoms with E-state index in [9.17, 15) is 4.79 Å². The molecule has 5 nitrogen and oxygen atoms in total. The molecule has 3 aromatic carbocycles. The average molecular weight is 448 g/mol. The molecule has 164 valence electrons. The number of aromatic nitrogens is 2. The maximum absolute atomic E-state index is 13.2. The molecule has 32 heavy (non-hydrogen) atoms. The summed E-state index contributed by atoms with van der Waals surface area (Å²) in [6, 6.07) is 23.8. The molecule has 1 fully saturated rings. The lowest BCUT2D eigenvalue weighted by Crippen LogP contribution is -2.26. The quantitative estimate of drug-likeness (QED) is 0.475. The molecule has 0 bridgehead atoms. The van der Waals surface area contributed by atoms with Crippen molar-refractivity contribution in [2.24, 2.45) is 0 Å². The summed E-state index contributed by atoms with van der Waals surface area (Å²) in [6.07, 6.45) is 3.92. The summed E-state index contributed by atoms with van der Waals surface area (Å²) in [7, 11) is 0. The van der Waals surface area contributed by atoms with Crippen LogP contribution in [0.15, 0.2) is 83.9 Å². The Labute approximate surface area is 193 Å². The van der Waals surface area contributed by atoms with Crippen LogP contribution in [0.3, 0.4) is 0 Å². The third kappa shape index (κ3) is 4.69. The van der Waals surface area contributed by atoms with E-state index in [1.165, 1.54) is 5.56 Å². The van der Waals surface area contributed by atoms with Gasteiger partial charge in [0.05, 0.1) is 16.6 Å². The third-order valence-electron chi connectivity index (χ3n) is 5.96. The van der Waals surface area contributed by atoms with Crippen molar-refractivity contribution in [1.82, 2.24) is 14.9 Å². The Morgan fingerprint density at radius 2 is 1.72 bits per heavy atom. The smallest absolute Gasteiger partial charge is 0.265 e. The van der Waals surface area contributed by atoms with Crippen LogP contribution in [0.5, 0.6) is 5.75 Å². The second-order valence-corrected chi connectivity index (χ2v) is 7.99. The van der Waals surface area contributed by atoms with Crippen LogP contribution >= 0.6 is 12.4 Å². The molecule has 1 aromatic heterocycles. The monoisotopic (exact) mass is 447 g/mol. The van der Waals surface area contributed by atoms with E-state index < -0.39 is 0 Å². The Morgan fingerprint density at radius 3 is 2.47 bits per heavy atom. The molecule has 1 aliphatic heterocycles. The molecule has 2 heterocycles. The number of nitrogens with zero attached hydrogens (tertiary/aromatic N) is 2. The van der Waals surface area contributed by atoms with Crippen LogP contribution in [0, 0.1) is 0 Å². The Morgan fingerprint density at radius 1 is 0.969 bits per heavy atom. The second-order valence-electron chi connectivity index (χ2n) is 7.99. The topological polar surface area (TPSA) is 56.1 Å². The molecular weight excluding hydrogens is 422 g/mol. The lowest BCUT2D eigenvalue weighted by atomic mass is 9.90. The maximum atomic E-state index is 13.2. The van der Waals surface area contributed by atoms with Crippen molar-refractivity contribution in [1.29, 1.82) is 0 Å². The summed E-state index contributed by atoms with van der Waals surface area (Å²) >= 11 is 0. The molecule has 0 radical (unpaired) electrons. The summed E-state index contributed by atoms with van der Waals surface area (Å²) in [6.45, 7) is 2.59. The van der Waals surface area contributed by atoms with Gasteiger partial charge in [0, 0.05) is 0 Å². The highest BCUT2D eigenvalue weighted by atomic mass is 35.5. The number of hydrogen-bond acceptors (Lipinski definition) is 4.